The van der Waals surface area contributed by atoms with Crippen molar-refractivity contribution < 1.29 is 4.74 Å². The Morgan fingerprint density at radius 3 is 2.60 bits per heavy atom. The molecule has 0 spiro atoms. The number of ether oxygens (including phenoxy) is 1. The van der Waals surface area contributed by atoms with Gasteiger partial charge in [-0.25, -0.2) is 4.98 Å². The van der Waals surface area contributed by atoms with E-state index in [1.165, 1.54) is 38.5 Å². The highest BCUT2D eigenvalue weighted by Gasteiger charge is 2.14. The normalized spacial score (nSPS) is 15.4. The summed E-state index contributed by atoms with van der Waals surface area (Å²) in [6, 6.07) is 10.5. The van der Waals surface area contributed by atoms with E-state index in [2.05, 4.69) is 26.7 Å². The van der Waals surface area contributed by atoms with Crippen molar-refractivity contribution in [3.8, 4) is 5.75 Å². The lowest BCUT2D eigenvalue weighted by Gasteiger charge is -2.17. The Balaban J connectivity index is 1.66. The Hall–Kier alpha value is -2.30. The van der Waals surface area contributed by atoms with E-state index >= 15 is 0 Å². The predicted molar refractivity (Wildman–Crippen MR) is 102 cm³/mol. The minimum absolute atomic E-state index is 0.492. The smallest absolute Gasteiger partial charge is 0.225 e. The molecule has 0 atom stereocenters. The van der Waals surface area contributed by atoms with Gasteiger partial charge in [-0.05, 0) is 25.8 Å². The number of aromatic nitrogens is 2. The van der Waals surface area contributed by atoms with Gasteiger partial charge in [-0.1, -0.05) is 43.9 Å². The van der Waals surface area contributed by atoms with Gasteiger partial charge in [0.1, 0.15) is 11.6 Å². The Morgan fingerprint density at radius 2 is 1.84 bits per heavy atom. The largest absolute Gasteiger partial charge is 0.496 e. The molecule has 3 rings (SSSR count). The van der Waals surface area contributed by atoms with Crippen LogP contribution in [-0.4, -0.2) is 23.1 Å². The Morgan fingerprint density at radius 1 is 1.08 bits per heavy atom. The zero-order chi connectivity index (χ0) is 17.5. The molecule has 1 saturated carbocycles. The molecule has 5 heteroatoms. The molecule has 0 saturated heterocycles. The third-order valence-electron chi connectivity index (χ3n) is 4.70. The van der Waals surface area contributed by atoms with Gasteiger partial charge in [0, 0.05) is 29.9 Å². The van der Waals surface area contributed by atoms with Gasteiger partial charge in [0.25, 0.3) is 0 Å². The second-order valence-corrected chi connectivity index (χ2v) is 6.72. The molecule has 0 bridgehead atoms. The maximum absolute atomic E-state index is 5.41. The summed E-state index contributed by atoms with van der Waals surface area (Å²) < 4.78 is 5.41. The molecule has 134 valence electrons. The van der Waals surface area contributed by atoms with Crippen LogP contribution in [0.25, 0.3) is 0 Å². The fraction of sp³-hybridized carbons (Fsp3) is 0.500. The van der Waals surface area contributed by atoms with Crippen molar-refractivity contribution in [3.05, 3.63) is 41.6 Å². The summed E-state index contributed by atoms with van der Waals surface area (Å²) in [5, 5.41) is 6.93. The number of anilines is 2. The van der Waals surface area contributed by atoms with Crippen LogP contribution in [0.15, 0.2) is 30.3 Å². The molecule has 1 aromatic carbocycles. The highest BCUT2D eigenvalue weighted by molar-refractivity contribution is 5.44. The third-order valence-corrected chi connectivity index (χ3v) is 4.70. The van der Waals surface area contributed by atoms with Gasteiger partial charge < -0.3 is 15.4 Å². The van der Waals surface area contributed by atoms with Gasteiger partial charge in [0.05, 0.1) is 7.11 Å². The average Bonchev–Trinajstić information content (AvgIpc) is 2.88. The number of hydrogen-bond acceptors (Lipinski definition) is 5. The molecule has 2 N–H and O–H groups in total. The molecule has 0 unspecified atom stereocenters. The number of rotatable bonds is 6. The molecule has 0 aliphatic heterocycles. The molecule has 1 heterocycles. The SMILES string of the molecule is COc1ccccc1CNc1cc(C)nc(NC2CCCCCC2)n1. The molecule has 0 radical (unpaired) electrons. The first kappa shape index (κ1) is 17.5. The summed E-state index contributed by atoms with van der Waals surface area (Å²) in [6.45, 7) is 2.68. The molecular formula is C20H28N4O. The summed E-state index contributed by atoms with van der Waals surface area (Å²) in [4.78, 5) is 9.22. The minimum Gasteiger partial charge on any atom is -0.496 e. The average molecular weight is 340 g/mol. The first-order chi connectivity index (χ1) is 12.2. The van der Waals surface area contributed by atoms with Crippen LogP contribution in [0.5, 0.6) is 5.75 Å². The molecule has 1 aliphatic rings. The molecule has 25 heavy (non-hydrogen) atoms. The highest BCUT2D eigenvalue weighted by Crippen LogP contribution is 2.22. The maximum Gasteiger partial charge on any atom is 0.225 e. The Kier molecular flexibility index (Phi) is 6.09. The molecule has 5 nitrogen and oxygen atoms in total. The lowest BCUT2D eigenvalue weighted by atomic mass is 10.1. The molecular weight excluding hydrogens is 312 g/mol. The standard InChI is InChI=1S/C20H28N4O/c1-15-13-19(21-14-16-9-7-8-12-18(16)25-2)24-20(22-15)23-17-10-5-3-4-6-11-17/h7-9,12-13,17H,3-6,10-11,14H2,1-2H3,(H2,21,22,23,24). The lowest BCUT2D eigenvalue weighted by Crippen LogP contribution is -2.20. The van der Waals surface area contributed by atoms with E-state index in [4.69, 9.17) is 4.74 Å². The second-order valence-electron chi connectivity index (χ2n) is 6.72. The van der Waals surface area contributed by atoms with Crippen molar-refractivity contribution in [1.82, 2.24) is 9.97 Å². The molecule has 2 aromatic rings. The van der Waals surface area contributed by atoms with Crippen molar-refractivity contribution >= 4 is 11.8 Å². The quantitative estimate of drug-likeness (QED) is 0.756. The molecule has 0 amide bonds. The fourth-order valence-electron chi connectivity index (χ4n) is 3.36. The molecule has 1 aromatic heterocycles. The van der Waals surface area contributed by atoms with Crippen molar-refractivity contribution in [1.29, 1.82) is 0 Å². The van der Waals surface area contributed by atoms with E-state index < -0.39 is 0 Å². The van der Waals surface area contributed by atoms with Crippen LogP contribution in [0.1, 0.15) is 49.8 Å². The number of para-hydroxylation sites is 1. The van der Waals surface area contributed by atoms with Crippen LogP contribution in [0.4, 0.5) is 11.8 Å². The number of aryl methyl sites for hydroxylation is 1. The van der Waals surface area contributed by atoms with Gasteiger partial charge in [-0.15, -0.1) is 0 Å². The summed E-state index contributed by atoms with van der Waals surface area (Å²) in [6.07, 6.45) is 7.70. The van der Waals surface area contributed by atoms with Gasteiger partial charge in [0.15, 0.2) is 0 Å². The maximum atomic E-state index is 5.41. The zero-order valence-corrected chi connectivity index (χ0v) is 15.2. The summed E-state index contributed by atoms with van der Waals surface area (Å²) in [5.41, 5.74) is 2.08. The number of nitrogens with one attached hydrogen (secondary N) is 2. The summed E-state index contributed by atoms with van der Waals surface area (Å²) in [7, 11) is 1.70. The Bertz CT molecular complexity index is 681. The summed E-state index contributed by atoms with van der Waals surface area (Å²) in [5.74, 6) is 2.46. The van der Waals surface area contributed by atoms with E-state index in [-0.39, 0.29) is 0 Å². The van der Waals surface area contributed by atoms with E-state index in [0.29, 0.717) is 12.6 Å². The highest BCUT2D eigenvalue weighted by atomic mass is 16.5. The Labute approximate surface area is 150 Å². The van der Waals surface area contributed by atoms with Crippen molar-refractivity contribution in [2.24, 2.45) is 0 Å². The van der Waals surface area contributed by atoms with E-state index in [1.54, 1.807) is 7.11 Å². The van der Waals surface area contributed by atoms with Crippen LogP contribution in [0.3, 0.4) is 0 Å². The van der Waals surface area contributed by atoms with Crippen molar-refractivity contribution in [2.45, 2.75) is 58.0 Å². The predicted octanol–water partition coefficient (Wildman–Crippen LogP) is 4.54. The fourth-order valence-corrected chi connectivity index (χ4v) is 3.36. The van der Waals surface area contributed by atoms with Crippen LogP contribution < -0.4 is 15.4 Å². The lowest BCUT2D eigenvalue weighted by molar-refractivity contribution is 0.410. The van der Waals surface area contributed by atoms with Crippen molar-refractivity contribution in [2.75, 3.05) is 17.7 Å². The van der Waals surface area contributed by atoms with Crippen molar-refractivity contribution in [3.63, 3.8) is 0 Å². The summed E-state index contributed by atoms with van der Waals surface area (Å²) >= 11 is 0. The van der Waals surface area contributed by atoms with Gasteiger partial charge in [0.2, 0.25) is 5.95 Å². The van der Waals surface area contributed by atoms with E-state index in [1.807, 2.05) is 31.2 Å². The number of nitrogens with zero attached hydrogens (tertiary/aromatic N) is 2. The van der Waals surface area contributed by atoms with Gasteiger partial charge >= 0.3 is 0 Å². The molecule has 1 fully saturated rings. The minimum atomic E-state index is 0.492. The van der Waals surface area contributed by atoms with Crippen LogP contribution >= 0.6 is 0 Å². The monoisotopic (exact) mass is 340 g/mol. The molecule has 1 aliphatic carbocycles. The second kappa shape index (κ2) is 8.70. The van der Waals surface area contributed by atoms with Crippen LogP contribution in [0.2, 0.25) is 0 Å². The number of hydrogen-bond donors (Lipinski definition) is 2. The van der Waals surface area contributed by atoms with E-state index in [9.17, 15) is 0 Å². The van der Waals surface area contributed by atoms with Crippen LogP contribution in [-0.2, 0) is 6.54 Å². The topological polar surface area (TPSA) is 59.1 Å². The first-order valence-corrected chi connectivity index (χ1v) is 9.22. The van der Waals surface area contributed by atoms with Gasteiger partial charge in [-0.3, -0.25) is 0 Å². The van der Waals surface area contributed by atoms with Crippen LogP contribution in [0, 0.1) is 6.92 Å². The number of benzene rings is 1. The third kappa shape index (κ3) is 5.08. The first-order valence-electron chi connectivity index (χ1n) is 9.22. The van der Waals surface area contributed by atoms with Gasteiger partial charge in [-0.2, -0.15) is 4.98 Å². The zero-order valence-electron chi connectivity index (χ0n) is 15.2. The van der Waals surface area contributed by atoms with E-state index in [0.717, 1.165) is 28.8 Å². The number of methoxy groups -OCH3 is 1.